The molecule has 1 aromatic heterocycles. The van der Waals surface area contributed by atoms with Gasteiger partial charge in [-0.3, -0.25) is 4.79 Å². The maximum Gasteiger partial charge on any atom is 0.241 e. The summed E-state index contributed by atoms with van der Waals surface area (Å²) in [5.41, 5.74) is 1.66. The molecule has 1 aliphatic rings. The number of aromatic nitrogens is 2. The van der Waals surface area contributed by atoms with E-state index in [9.17, 15) is 9.90 Å². The summed E-state index contributed by atoms with van der Waals surface area (Å²) < 4.78 is 1.87. The minimum Gasteiger partial charge on any atom is -0.392 e. The summed E-state index contributed by atoms with van der Waals surface area (Å²) in [4.78, 5) is 16.1. The van der Waals surface area contributed by atoms with Gasteiger partial charge < -0.3 is 20.3 Å². The molecule has 6 heteroatoms. The van der Waals surface area contributed by atoms with Crippen molar-refractivity contribution in [1.29, 1.82) is 0 Å². The lowest BCUT2D eigenvalue weighted by Gasteiger charge is -2.12. The summed E-state index contributed by atoms with van der Waals surface area (Å²) in [6, 6.07) is 7.20. The van der Waals surface area contributed by atoms with Crippen LogP contribution >= 0.6 is 0 Å². The van der Waals surface area contributed by atoms with Gasteiger partial charge in [-0.15, -0.1) is 0 Å². The first-order valence-electron chi connectivity index (χ1n) is 6.53. The second-order valence-electron chi connectivity index (χ2n) is 4.86. The number of aliphatic hydroxyl groups is 1. The van der Waals surface area contributed by atoms with Crippen molar-refractivity contribution in [1.82, 2.24) is 14.9 Å². The number of hydrogen-bond donors (Lipinski definition) is 3. The summed E-state index contributed by atoms with van der Waals surface area (Å²) in [5, 5.41) is 15.3. The summed E-state index contributed by atoms with van der Waals surface area (Å²) in [6.07, 6.45) is 5.26. The van der Waals surface area contributed by atoms with E-state index in [1.54, 1.807) is 12.5 Å². The fourth-order valence-corrected chi connectivity index (χ4v) is 2.30. The van der Waals surface area contributed by atoms with Gasteiger partial charge in [0.05, 0.1) is 18.5 Å². The number of nitrogens with one attached hydrogen (secondary N) is 2. The number of imidazole rings is 1. The van der Waals surface area contributed by atoms with Gasteiger partial charge in [0, 0.05) is 30.3 Å². The smallest absolute Gasteiger partial charge is 0.241 e. The van der Waals surface area contributed by atoms with Gasteiger partial charge in [0.2, 0.25) is 5.91 Å². The van der Waals surface area contributed by atoms with Crippen LogP contribution in [0.15, 0.2) is 43.0 Å². The molecule has 2 aromatic rings. The van der Waals surface area contributed by atoms with E-state index in [-0.39, 0.29) is 11.9 Å². The average Bonchev–Trinajstić information content (AvgIpc) is 3.10. The minimum absolute atomic E-state index is 0.121. The number of benzene rings is 1. The highest BCUT2D eigenvalue weighted by atomic mass is 16.3. The topological polar surface area (TPSA) is 79.2 Å². The minimum atomic E-state index is -0.442. The van der Waals surface area contributed by atoms with E-state index in [0.29, 0.717) is 13.0 Å². The molecule has 1 amide bonds. The summed E-state index contributed by atoms with van der Waals surface area (Å²) in [7, 11) is 0. The van der Waals surface area contributed by atoms with Gasteiger partial charge in [0.15, 0.2) is 0 Å². The zero-order chi connectivity index (χ0) is 13.9. The summed E-state index contributed by atoms with van der Waals surface area (Å²) in [5.74, 6) is -0.121. The van der Waals surface area contributed by atoms with Crippen molar-refractivity contribution >= 4 is 11.6 Å². The lowest BCUT2D eigenvalue weighted by Crippen LogP contribution is -2.35. The van der Waals surface area contributed by atoms with Crippen LogP contribution in [0.4, 0.5) is 5.69 Å². The standard InChI is InChI=1S/C14H16N4O2/c19-12-7-13(16-8-12)14(20)17-10-2-1-3-11(6-10)18-5-4-15-9-18/h1-6,9,12-13,16,19H,7-8H2,(H,17,20). The van der Waals surface area contributed by atoms with Crippen LogP contribution in [0.25, 0.3) is 5.69 Å². The van der Waals surface area contributed by atoms with Crippen molar-refractivity contribution < 1.29 is 9.90 Å². The highest BCUT2D eigenvalue weighted by Crippen LogP contribution is 2.16. The number of rotatable bonds is 3. The SMILES string of the molecule is O=C(Nc1cccc(-n2ccnc2)c1)C1CC(O)CN1. The molecule has 0 spiro atoms. The van der Waals surface area contributed by atoms with E-state index in [1.165, 1.54) is 0 Å². The molecule has 1 aliphatic heterocycles. The molecule has 20 heavy (non-hydrogen) atoms. The lowest BCUT2D eigenvalue weighted by atomic mass is 10.2. The molecule has 0 aliphatic carbocycles. The van der Waals surface area contributed by atoms with Crippen molar-refractivity contribution in [2.24, 2.45) is 0 Å². The van der Waals surface area contributed by atoms with Gasteiger partial charge in [-0.2, -0.15) is 0 Å². The molecule has 2 atom stereocenters. The van der Waals surface area contributed by atoms with Gasteiger partial charge in [0.1, 0.15) is 0 Å². The Balaban J connectivity index is 1.71. The lowest BCUT2D eigenvalue weighted by molar-refractivity contribution is -0.117. The molecule has 6 nitrogen and oxygen atoms in total. The molecule has 1 fully saturated rings. The van der Waals surface area contributed by atoms with Gasteiger partial charge in [-0.1, -0.05) is 6.07 Å². The number of carbonyl (C=O) groups excluding carboxylic acids is 1. The third-order valence-corrected chi connectivity index (χ3v) is 3.34. The first-order valence-corrected chi connectivity index (χ1v) is 6.53. The van der Waals surface area contributed by atoms with Crippen LogP contribution in [0, 0.1) is 0 Å². The summed E-state index contributed by atoms with van der Waals surface area (Å²) in [6.45, 7) is 0.465. The predicted molar refractivity (Wildman–Crippen MR) is 74.6 cm³/mol. The van der Waals surface area contributed by atoms with E-state index in [4.69, 9.17) is 0 Å². The molecular formula is C14H16N4O2. The quantitative estimate of drug-likeness (QED) is 0.761. The Morgan fingerprint density at radius 3 is 3.10 bits per heavy atom. The van der Waals surface area contributed by atoms with Crippen molar-refractivity contribution in [3.63, 3.8) is 0 Å². The van der Waals surface area contributed by atoms with Gasteiger partial charge in [-0.05, 0) is 24.6 Å². The van der Waals surface area contributed by atoms with E-state index in [0.717, 1.165) is 11.4 Å². The van der Waals surface area contributed by atoms with Crippen LogP contribution in [-0.4, -0.2) is 39.3 Å². The number of β-amino-alcohol motifs (C(OH)–C–C–N with tert-alkyl or cyclic N) is 1. The zero-order valence-corrected chi connectivity index (χ0v) is 10.9. The fraction of sp³-hybridized carbons (Fsp3) is 0.286. The Morgan fingerprint density at radius 1 is 1.50 bits per heavy atom. The molecule has 0 bridgehead atoms. The molecule has 104 valence electrons. The van der Waals surface area contributed by atoms with Crippen LogP contribution in [0.3, 0.4) is 0 Å². The molecule has 1 aromatic carbocycles. The van der Waals surface area contributed by atoms with E-state index in [2.05, 4.69) is 15.6 Å². The number of carbonyl (C=O) groups is 1. The predicted octanol–water partition coefficient (Wildman–Crippen LogP) is 0.534. The van der Waals surface area contributed by atoms with Crippen LogP contribution in [-0.2, 0) is 4.79 Å². The van der Waals surface area contributed by atoms with Crippen LogP contribution in [0.5, 0.6) is 0 Å². The Bertz CT molecular complexity index is 597. The largest absolute Gasteiger partial charge is 0.392 e. The third-order valence-electron chi connectivity index (χ3n) is 3.34. The van der Waals surface area contributed by atoms with Crippen molar-refractivity contribution in [3.8, 4) is 5.69 Å². The molecule has 2 heterocycles. The van der Waals surface area contributed by atoms with Crippen molar-refractivity contribution in [2.75, 3.05) is 11.9 Å². The van der Waals surface area contributed by atoms with E-state index < -0.39 is 6.10 Å². The average molecular weight is 272 g/mol. The fourth-order valence-electron chi connectivity index (χ4n) is 2.30. The summed E-state index contributed by atoms with van der Waals surface area (Å²) >= 11 is 0. The first-order chi connectivity index (χ1) is 9.72. The second-order valence-corrected chi connectivity index (χ2v) is 4.86. The van der Waals surface area contributed by atoms with E-state index in [1.807, 2.05) is 35.0 Å². The highest BCUT2D eigenvalue weighted by Gasteiger charge is 2.27. The van der Waals surface area contributed by atoms with Crippen LogP contribution in [0.1, 0.15) is 6.42 Å². The van der Waals surface area contributed by atoms with Gasteiger partial charge in [0.25, 0.3) is 0 Å². The number of amides is 1. The molecule has 2 unspecified atom stereocenters. The second kappa shape index (κ2) is 5.44. The Kier molecular flexibility index (Phi) is 3.49. The van der Waals surface area contributed by atoms with Crippen molar-refractivity contribution in [2.45, 2.75) is 18.6 Å². The van der Waals surface area contributed by atoms with Gasteiger partial charge in [-0.25, -0.2) is 4.98 Å². The maximum absolute atomic E-state index is 12.1. The number of anilines is 1. The van der Waals surface area contributed by atoms with E-state index >= 15 is 0 Å². The molecule has 0 radical (unpaired) electrons. The first kappa shape index (κ1) is 12.8. The number of hydrogen-bond acceptors (Lipinski definition) is 4. The molecule has 1 saturated heterocycles. The van der Waals surface area contributed by atoms with Crippen molar-refractivity contribution in [3.05, 3.63) is 43.0 Å². The Hall–Kier alpha value is -2.18. The maximum atomic E-state index is 12.1. The normalized spacial score (nSPS) is 21.9. The molecular weight excluding hydrogens is 256 g/mol. The monoisotopic (exact) mass is 272 g/mol. The van der Waals surface area contributed by atoms with Gasteiger partial charge >= 0.3 is 0 Å². The van der Waals surface area contributed by atoms with Crippen LogP contribution in [0.2, 0.25) is 0 Å². The Morgan fingerprint density at radius 2 is 2.40 bits per heavy atom. The Labute approximate surface area is 116 Å². The molecule has 0 saturated carbocycles. The number of nitrogens with zero attached hydrogens (tertiary/aromatic N) is 2. The third kappa shape index (κ3) is 2.71. The van der Waals surface area contributed by atoms with Crippen LogP contribution < -0.4 is 10.6 Å². The number of aliphatic hydroxyl groups excluding tert-OH is 1. The zero-order valence-electron chi connectivity index (χ0n) is 10.9. The molecule has 3 N–H and O–H groups in total. The highest BCUT2D eigenvalue weighted by molar-refractivity contribution is 5.95. The molecule has 3 rings (SSSR count).